The van der Waals surface area contributed by atoms with Crippen molar-refractivity contribution < 1.29 is 0 Å². The number of hydrogen-bond acceptors (Lipinski definition) is 0. The van der Waals surface area contributed by atoms with Crippen LogP contribution in [0.3, 0.4) is 0 Å². The Kier molecular flexibility index (Phi) is 2.96. The van der Waals surface area contributed by atoms with Crippen LogP contribution in [0.2, 0.25) is 0 Å². The molecule has 8 bridgehead atoms. The summed E-state index contributed by atoms with van der Waals surface area (Å²) in [5.74, 6) is 10.2. The molecule has 0 amide bonds. The van der Waals surface area contributed by atoms with Crippen LogP contribution < -0.4 is 0 Å². The molecular formula is C23H36. The van der Waals surface area contributed by atoms with Gasteiger partial charge in [-0.15, -0.1) is 0 Å². The Hall–Kier alpha value is 0. The molecule has 0 aromatic rings. The molecule has 0 radical (unpaired) electrons. The van der Waals surface area contributed by atoms with Crippen molar-refractivity contribution in [2.45, 2.75) is 84.0 Å². The van der Waals surface area contributed by atoms with Gasteiger partial charge in [-0.2, -0.15) is 0 Å². The van der Waals surface area contributed by atoms with Crippen LogP contribution >= 0.6 is 0 Å². The smallest absolute Gasteiger partial charge is 0.0264 e. The molecule has 0 aromatic heterocycles. The van der Waals surface area contributed by atoms with Crippen molar-refractivity contribution in [2.24, 2.45) is 58.7 Å². The summed E-state index contributed by atoms with van der Waals surface area (Å²) in [5.41, 5.74) is 0.809. The van der Waals surface area contributed by atoms with E-state index in [1.54, 1.807) is 77.0 Å². The van der Waals surface area contributed by atoms with Gasteiger partial charge in [-0.3, -0.25) is 0 Å². The van der Waals surface area contributed by atoms with E-state index in [1.807, 2.05) is 0 Å². The monoisotopic (exact) mass is 312 g/mol. The van der Waals surface area contributed by atoms with E-state index in [2.05, 4.69) is 6.92 Å². The van der Waals surface area contributed by atoms with E-state index in [-0.39, 0.29) is 0 Å². The van der Waals surface area contributed by atoms with Crippen molar-refractivity contribution in [1.29, 1.82) is 0 Å². The molecule has 1 atom stereocenters. The highest BCUT2D eigenvalue weighted by molar-refractivity contribution is 5.05. The number of rotatable bonds is 3. The van der Waals surface area contributed by atoms with Gasteiger partial charge in [-0.05, 0) is 136 Å². The van der Waals surface area contributed by atoms with Gasteiger partial charge in [-0.25, -0.2) is 0 Å². The maximum Gasteiger partial charge on any atom is -0.0264 e. The van der Waals surface area contributed by atoms with Gasteiger partial charge in [0.1, 0.15) is 0 Å². The first-order valence-corrected chi connectivity index (χ1v) is 11.2. The van der Waals surface area contributed by atoms with Gasteiger partial charge in [-0.1, -0.05) is 6.92 Å². The van der Waals surface area contributed by atoms with E-state index >= 15 is 0 Å². The Morgan fingerprint density at radius 3 is 1.57 bits per heavy atom. The highest BCUT2D eigenvalue weighted by Crippen LogP contribution is 2.65. The van der Waals surface area contributed by atoms with Crippen molar-refractivity contribution in [1.82, 2.24) is 0 Å². The minimum absolute atomic E-state index is 0.809. The van der Waals surface area contributed by atoms with Crippen LogP contribution in [0.4, 0.5) is 0 Å². The molecule has 8 fully saturated rings. The standard InChI is InChI=1S/C23H36/c1-14(23-11-17-4-18(12-23)6-19(5-17)13-23)2-22-20-7-15-3-16(9-20)10-21(22)8-15/h14-22H,2-13H2,1H3. The lowest BCUT2D eigenvalue weighted by atomic mass is 9.44. The van der Waals surface area contributed by atoms with Gasteiger partial charge >= 0.3 is 0 Å². The van der Waals surface area contributed by atoms with E-state index in [4.69, 9.17) is 0 Å². The molecule has 0 N–H and O–H groups in total. The maximum atomic E-state index is 2.71. The summed E-state index contributed by atoms with van der Waals surface area (Å²) >= 11 is 0. The van der Waals surface area contributed by atoms with Crippen LogP contribution in [0.15, 0.2) is 0 Å². The first kappa shape index (κ1) is 14.2. The van der Waals surface area contributed by atoms with Crippen LogP contribution in [0.25, 0.3) is 0 Å². The molecular weight excluding hydrogens is 276 g/mol. The molecule has 0 heterocycles. The second kappa shape index (κ2) is 4.79. The number of hydrogen-bond donors (Lipinski definition) is 0. The van der Waals surface area contributed by atoms with Gasteiger partial charge in [0.25, 0.3) is 0 Å². The van der Waals surface area contributed by atoms with E-state index < -0.39 is 0 Å². The SMILES string of the molecule is CC(CC1C2CC3CC(C2)CC1C3)C12CC3CC(CC(C3)C1)C2. The Balaban J connectivity index is 1.22. The van der Waals surface area contributed by atoms with E-state index in [0.717, 1.165) is 58.7 Å². The first-order chi connectivity index (χ1) is 11.2. The first-order valence-electron chi connectivity index (χ1n) is 11.2. The zero-order chi connectivity index (χ0) is 15.2. The molecule has 0 aliphatic heterocycles. The molecule has 0 spiro atoms. The average molecular weight is 313 g/mol. The van der Waals surface area contributed by atoms with Gasteiger partial charge < -0.3 is 0 Å². The van der Waals surface area contributed by atoms with Crippen LogP contribution in [0, 0.1) is 58.7 Å². The third-order valence-corrected chi connectivity index (χ3v) is 10.2. The molecule has 0 saturated heterocycles. The predicted molar refractivity (Wildman–Crippen MR) is 94.9 cm³/mol. The Morgan fingerprint density at radius 1 is 0.652 bits per heavy atom. The largest absolute Gasteiger partial charge is 0.0620 e. The molecule has 23 heavy (non-hydrogen) atoms. The van der Waals surface area contributed by atoms with Gasteiger partial charge in [0, 0.05) is 0 Å². The van der Waals surface area contributed by atoms with E-state index in [9.17, 15) is 0 Å². The fourth-order valence-electron chi connectivity index (χ4n) is 9.86. The summed E-state index contributed by atoms with van der Waals surface area (Å²) in [6.07, 6.45) is 19.5. The lowest BCUT2D eigenvalue weighted by molar-refractivity contribution is -0.105. The highest BCUT2D eigenvalue weighted by atomic mass is 14.6. The summed E-state index contributed by atoms with van der Waals surface area (Å²) in [4.78, 5) is 0. The molecule has 8 rings (SSSR count). The summed E-state index contributed by atoms with van der Waals surface area (Å²) in [7, 11) is 0. The lowest BCUT2D eigenvalue weighted by Crippen LogP contribution is -2.51. The normalized spacial score (nSPS) is 60.4. The molecule has 8 aliphatic carbocycles. The van der Waals surface area contributed by atoms with Crippen molar-refractivity contribution in [3.05, 3.63) is 0 Å². The summed E-state index contributed by atoms with van der Waals surface area (Å²) < 4.78 is 0. The van der Waals surface area contributed by atoms with Crippen LogP contribution in [0.5, 0.6) is 0 Å². The lowest BCUT2D eigenvalue weighted by Gasteiger charge is -2.61. The third-order valence-electron chi connectivity index (χ3n) is 10.2. The molecule has 128 valence electrons. The zero-order valence-electron chi connectivity index (χ0n) is 15.2. The summed E-state index contributed by atoms with van der Waals surface area (Å²) in [6.45, 7) is 2.71. The van der Waals surface area contributed by atoms with Crippen molar-refractivity contribution in [3.63, 3.8) is 0 Å². The molecule has 8 aliphatic rings. The molecule has 0 aromatic carbocycles. The predicted octanol–water partition coefficient (Wildman–Crippen LogP) is 6.30. The minimum Gasteiger partial charge on any atom is -0.0620 e. The molecule has 0 heteroatoms. The van der Waals surface area contributed by atoms with Crippen LogP contribution in [0.1, 0.15) is 84.0 Å². The van der Waals surface area contributed by atoms with E-state index in [0.29, 0.717) is 0 Å². The Bertz CT molecular complexity index is 425. The average Bonchev–Trinajstić information content (AvgIpc) is 2.48. The minimum atomic E-state index is 0.809. The topological polar surface area (TPSA) is 0 Å². The van der Waals surface area contributed by atoms with Crippen molar-refractivity contribution in [3.8, 4) is 0 Å². The Morgan fingerprint density at radius 2 is 1.09 bits per heavy atom. The van der Waals surface area contributed by atoms with Crippen molar-refractivity contribution in [2.75, 3.05) is 0 Å². The summed E-state index contributed by atoms with van der Waals surface area (Å²) in [5, 5.41) is 0. The highest BCUT2D eigenvalue weighted by Gasteiger charge is 2.55. The van der Waals surface area contributed by atoms with Crippen LogP contribution in [-0.4, -0.2) is 0 Å². The second-order valence-electron chi connectivity index (χ2n) is 11.5. The van der Waals surface area contributed by atoms with Gasteiger partial charge in [0.15, 0.2) is 0 Å². The molecule has 8 saturated carbocycles. The van der Waals surface area contributed by atoms with Crippen molar-refractivity contribution >= 4 is 0 Å². The fourth-order valence-corrected chi connectivity index (χ4v) is 9.86. The molecule has 0 nitrogen and oxygen atoms in total. The Labute approximate surface area is 143 Å². The van der Waals surface area contributed by atoms with Crippen LogP contribution in [-0.2, 0) is 0 Å². The van der Waals surface area contributed by atoms with E-state index in [1.165, 1.54) is 0 Å². The van der Waals surface area contributed by atoms with Gasteiger partial charge in [0.05, 0.1) is 0 Å². The van der Waals surface area contributed by atoms with Gasteiger partial charge in [0.2, 0.25) is 0 Å². The fraction of sp³-hybridized carbons (Fsp3) is 1.00. The second-order valence-corrected chi connectivity index (χ2v) is 11.5. The maximum absolute atomic E-state index is 2.71. The quantitative estimate of drug-likeness (QED) is 0.573. The zero-order valence-corrected chi connectivity index (χ0v) is 15.2. The summed E-state index contributed by atoms with van der Waals surface area (Å²) in [6, 6.07) is 0. The third kappa shape index (κ3) is 2.08. The molecule has 1 unspecified atom stereocenters.